The third-order valence-corrected chi connectivity index (χ3v) is 5.74. The number of ether oxygens (including phenoxy) is 2. The van der Waals surface area contributed by atoms with Gasteiger partial charge in [-0.3, -0.25) is 9.89 Å². The molecule has 2 saturated heterocycles. The molecule has 2 fully saturated rings. The lowest BCUT2D eigenvalue weighted by Gasteiger charge is -2.46. The summed E-state index contributed by atoms with van der Waals surface area (Å²) in [5.74, 6) is 0.672. The number of hydrogen-bond donors (Lipinski definition) is 2. The molecule has 7 heteroatoms. The van der Waals surface area contributed by atoms with Crippen molar-refractivity contribution in [1.82, 2.24) is 15.1 Å². The second-order valence-electron chi connectivity index (χ2n) is 7.25. The number of carbonyl (C=O) groups is 1. The molecule has 1 atom stereocenters. The average molecular weight is 371 g/mol. The van der Waals surface area contributed by atoms with Crippen LogP contribution in [0.25, 0.3) is 11.3 Å². The number of aromatic nitrogens is 2. The molecule has 1 amide bonds. The summed E-state index contributed by atoms with van der Waals surface area (Å²) in [6.45, 7) is 1.82. The van der Waals surface area contributed by atoms with Gasteiger partial charge in [-0.15, -0.1) is 0 Å². The summed E-state index contributed by atoms with van der Waals surface area (Å²) in [7, 11) is 1.61. The predicted octanol–water partition coefficient (Wildman–Crippen LogP) is 2.23. The molecule has 1 aromatic carbocycles. The molecular formula is C20H25N3O4. The van der Waals surface area contributed by atoms with Gasteiger partial charge in [0.2, 0.25) is 0 Å². The first-order chi connectivity index (χ1) is 13.1. The Balaban J connectivity index is 1.51. The molecule has 0 radical (unpaired) electrons. The predicted molar refractivity (Wildman–Crippen MR) is 99.6 cm³/mol. The van der Waals surface area contributed by atoms with Gasteiger partial charge >= 0.3 is 0 Å². The molecule has 1 spiro atoms. The number of H-pyrrole nitrogens is 1. The molecule has 27 heavy (non-hydrogen) atoms. The number of aliphatic hydroxyl groups excluding tert-OH is 1. The molecule has 0 aliphatic carbocycles. The number of amides is 1. The highest BCUT2D eigenvalue weighted by Crippen LogP contribution is 2.36. The van der Waals surface area contributed by atoms with Gasteiger partial charge in [0.25, 0.3) is 5.91 Å². The Kier molecular flexibility index (Phi) is 4.88. The summed E-state index contributed by atoms with van der Waals surface area (Å²) in [4.78, 5) is 14.9. The van der Waals surface area contributed by atoms with Crippen molar-refractivity contribution in [2.75, 3.05) is 26.8 Å². The van der Waals surface area contributed by atoms with Crippen LogP contribution < -0.4 is 4.74 Å². The van der Waals surface area contributed by atoms with Gasteiger partial charge in [0.05, 0.1) is 36.3 Å². The van der Waals surface area contributed by atoms with Gasteiger partial charge in [-0.2, -0.15) is 5.10 Å². The number of piperidine rings is 1. The summed E-state index contributed by atoms with van der Waals surface area (Å²) in [6.07, 6.45) is 4.12. The van der Waals surface area contributed by atoms with E-state index in [-0.39, 0.29) is 5.91 Å². The van der Waals surface area contributed by atoms with Crippen LogP contribution in [0.3, 0.4) is 0 Å². The molecule has 3 heterocycles. The highest BCUT2D eigenvalue weighted by Gasteiger charge is 2.44. The Morgan fingerprint density at radius 3 is 2.96 bits per heavy atom. The fraction of sp³-hybridized carbons (Fsp3) is 0.500. The minimum absolute atomic E-state index is 0.0540. The van der Waals surface area contributed by atoms with Gasteiger partial charge in [-0.05, 0) is 37.8 Å². The maximum Gasteiger partial charge on any atom is 0.257 e. The topological polar surface area (TPSA) is 87.7 Å². The molecule has 1 unspecified atom stereocenters. The lowest BCUT2D eigenvalue weighted by molar-refractivity contribution is -0.174. The van der Waals surface area contributed by atoms with E-state index >= 15 is 0 Å². The average Bonchev–Trinajstić information content (AvgIpc) is 3.20. The third kappa shape index (κ3) is 3.33. The highest BCUT2D eigenvalue weighted by atomic mass is 16.5. The van der Waals surface area contributed by atoms with E-state index in [1.165, 1.54) is 0 Å². The Bertz CT molecular complexity index is 811. The maximum absolute atomic E-state index is 13.1. The fourth-order valence-corrected chi connectivity index (χ4v) is 4.09. The van der Waals surface area contributed by atoms with Crippen molar-refractivity contribution in [3.63, 3.8) is 0 Å². The summed E-state index contributed by atoms with van der Waals surface area (Å²) < 4.78 is 11.2. The minimum atomic E-state index is -0.485. The Labute approximate surface area is 158 Å². The standard InChI is InChI=1S/C20H25N3O4/c1-26-15-5-2-4-14(12-15)18-16(13-21-22-18)19(25)23-9-7-20(8-10-23)17(24)6-3-11-27-20/h2,4-5,12-13,17,24H,3,6-11H2,1H3,(H,21,22). The second-order valence-corrected chi connectivity index (χ2v) is 7.25. The van der Waals surface area contributed by atoms with Crippen LogP contribution >= 0.6 is 0 Å². The number of nitrogens with one attached hydrogen (secondary N) is 1. The smallest absolute Gasteiger partial charge is 0.257 e. The molecule has 2 aliphatic rings. The summed E-state index contributed by atoms with van der Waals surface area (Å²) in [6, 6.07) is 7.54. The lowest BCUT2D eigenvalue weighted by atomic mass is 9.82. The van der Waals surface area contributed by atoms with Gasteiger partial charge in [-0.25, -0.2) is 0 Å². The highest BCUT2D eigenvalue weighted by molar-refractivity contribution is 5.99. The fourth-order valence-electron chi connectivity index (χ4n) is 4.09. The molecule has 2 N–H and O–H groups in total. The van der Waals surface area contributed by atoms with Gasteiger partial charge in [0.15, 0.2) is 0 Å². The molecule has 7 nitrogen and oxygen atoms in total. The molecule has 0 bridgehead atoms. The van der Waals surface area contributed by atoms with E-state index in [1.54, 1.807) is 13.3 Å². The van der Waals surface area contributed by atoms with Crippen molar-refractivity contribution in [2.24, 2.45) is 0 Å². The van der Waals surface area contributed by atoms with E-state index in [0.29, 0.717) is 43.8 Å². The number of carbonyl (C=O) groups excluding carboxylic acids is 1. The normalized spacial score (nSPS) is 22.0. The number of aromatic amines is 1. The quantitative estimate of drug-likeness (QED) is 0.864. The number of nitrogens with zero attached hydrogens (tertiary/aromatic N) is 2. The van der Waals surface area contributed by atoms with Crippen LogP contribution in [-0.2, 0) is 4.74 Å². The van der Waals surface area contributed by atoms with E-state index < -0.39 is 11.7 Å². The number of rotatable bonds is 3. The number of hydrogen-bond acceptors (Lipinski definition) is 5. The van der Waals surface area contributed by atoms with Crippen LogP contribution in [0.2, 0.25) is 0 Å². The zero-order valence-electron chi connectivity index (χ0n) is 15.5. The van der Waals surface area contributed by atoms with Crippen molar-refractivity contribution in [3.8, 4) is 17.0 Å². The summed E-state index contributed by atoms with van der Waals surface area (Å²) in [5, 5.41) is 17.4. The first-order valence-electron chi connectivity index (χ1n) is 9.42. The van der Waals surface area contributed by atoms with E-state index in [2.05, 4.69) is 10.2 Å². The molecule has 2 aliphatic heterocycles. The Hall–Kier alpha value is -2.38. The Morgan fingerprint density at radius 2 is 2.22 bits per heavy atom. The van der Waals surface area contributed by atoms with E-state index in [9.17, 15) is 9.90 Å². The largest absolute Gasteiger partial charge is 0.497 e. The SMILES string of the molecule is COc1cccc(-c2[nH]ncc2C(=O)N2CCC3(CC2)OCCCC3O)c1. The van der Waals surface area contributed by atoms with Gasteiger partial charge in [-0.1, -0.05) is 12.1 Å². The third-order valence-electron chi connectivity index (χ3n) is 5.74. The summed E-state index contributed by atoms with van der Waals surface area (Å²) in [5.41, 5.74) is 1.60. The van der Waals surface area contributed by atoms with Crippen LogP contribution in [0.5, 0.6) is 5.75 Å². The van der Waals surface area contributed by atoms with Crippen molar-refractivity contribution < 1.29 is 19.4 Å². The van der Waals surface area contributed by atoms with E-state index in [0.717, 1.165) is 24.2 Å². The molecular weight excluding hydrogens is 346 g/mol. The summed E-state index contributed by atoms with van der Waals surface area (Å²) >= 11 is 0. The molecule has 1 aromatic heterocycles. The van der Waals surface area contributed by atoms with E-state index in [4.69, 9.17) is 9.47 Å². The minimum Gasteiger partial charge on any atom is -0.497 e. The van der Waals surface area contributed by atoms with Crippen molar-refractivity contribution in [2.45, 2.75) is 37.4 Å². The molecule has 4 rings (SSSR count). The van der Waals surface area contributed by atoms with Gasteiger partial charge in [0, 0.05) is 25.3 Å². The second kappa shape index (κ2) is 7.32. The molecule has 144 valence electrons. The van der Waals surface area contributed by atoms with Crippen LogP contribution in [0.1, 0.15) is 36.0 Å². The monoisotopic (exact) mass is 371 g/mol. The Morgan fingerprint density at radius 1 is 1.41 bits per heavy atom. The number of benzene rings is 1. The van der Waals surface area contributed by atoms with E-state index in [1.807, 2.05) is 29.2 Å². The van der Waals surface area contributed by atoms with Crippen LogP contribution in [0.15, 0.2) is 30.5 Å². The van der Waals surface area contributed by atoms with Crippen LogP contribution in [0, 0.1) is 0 Å². The van der Waals surface area contributed by atoms with Crippen molar-refractivity contribution >= 4 is 5.91 Å². The van der Waals surface area contributed by atoms with Crippen LogP contribution in [0.4, 0.5) is 0 Å². The first-order valence-corrected chi connectivity index (χ1v) is 9.42. The lowest BCUT2D eigenvalue weighted by Crippen LogP contribution is -2.56. The zero-order valence-corrected chi connectivity index (χ0v) is 15.5. The van der Waals surface area contributed by atoms with Crippen molar-refractivity contribution in [3.05, 3.63) is 36.0 Å². The zero-order chi connectivity index (χ0) is 18.9. The van der Waals surface area contributed by atoms with Crippen LogP contribution in [-0.4, -0.2) is 64.6 Å². The maximum atomic E-state index is 13.1. The molecule has 0 saturated carbocycles. The molecule has 2 aromatic rings. The van der Waals surface area contributed by atoms with Crippen molar-refractivity contribution in [1.29, 1.82) is 0 Å². The number of methoxy groups -OCH3 is 1. The van der Waals surface area contributed by atoms with Gasteiger partial charge in [0.1, 0.15) is 5.75 Å². The van der Waals surface area contributed by atoms with Gasteiger partial charge < -0.3 is 19.5 Å². The number of aliphatic hydroxyl groups is 1. The first kappa shape index (κ1) is 18.0. The number of likely N-dealkylation sites (tertiary alicyclic amines) is 1.